The van der Waals surface area contributed by atoms with E-state index in [1.165, 1.54) is 0 Å². The zero-order valence-corrected chi connectivity index (χ0v) is 15.0. The van der Waals surface area contributed by atoms with Crippen molar-refractivity contribution in [3.8, 4) is 0 Å². The van der Waals surface area contributed by atoms with E-state index in [1.54, 1.807) is 4.90 Å². The molecule has 6 nitrogen and oxygen atoms in total. The number of morpholine rings is 1. The average Bonchev–Trinajstić information content (AvgIpc) is 2.52. The summed E-state index contributed by atoms with van der Waals surface area (Å²) in [6.45, 7) is 11.1. The molecule has 23 heavy (non-hydrogen) atoms. The smallest absolute Gasteiger partial charge is 0.410 e. The minimum atomic E-state index is -0.470. The third-order valence-corrected chi connectivity index (χ3v) is 4.32. The molecule has 6 heteroatoms. The predicted octanol–water partition coefficient (Wildman–Crippen LogP) is 2.17. The van der Waals surface area contributed by atoms with Gasteiger partial charge in [0, 0.05) is 25.7 Å². The molecule has 2 aliphatic rings. The molecule has 0 saturated carbocycles. The molecule has 3 atom stereocenters. The van der Waals surface area contributed by atoms with Crippen LogP contribution in [0.25, 0.3) is 0 Å². The van der Waals surface area contributed by atoms with Crippen molar-refractivity contribution in [2.75, 3.05) is 32.9 Å². The predicted molar refractivity (Wildman–Crippen MR) is 88.6 cm³/mol. The molecular formula is C17H32N2O4. The molecule has 2 heterocycles. The molecule has 0 spiro atoms. The van der Waals surface area contributed by atoms with Crippen molar-refractivity contribution in [3.63, 3.8) is 0 Å². The van der Waals surface area contributed by atoms with Gasteiger partial charge in [-0.1, -0.05) is 6.92 Å². The lowest BCUT2D eigenvalue weighted by atomic mass is 10.0. The number of carbonyl (C=O) groups excluding carboxylic acids is 1. The highest BCUT2D eigenvalue weighted by molar-refractivity contribution is 5.68. The molecule has 0 aromatic heterocycles. The van der Waals surface area contributed by atoms with Gasteiger partial charge in [0.1, 0.15) is 5.60 Å². The van der Waals surface area contributed by atoms with E-state index in [0.717, 1.165) is 32.4 Å². The molecular weight excluding hydrogens is 296 g/mol. The Morgan fingerprint density at radius 1 is 1.35 bits per heavy atom. The maximum absolute atomic E-state index is 12.4. The van der Waals surface area contributed by atoms with E-state index < -0.39 is 5.60 Å². The van der Waals surface area contributed by atoms with E-state index >= 15 is 0 Å². The van der Waals surface area contributed by atoms with Gasteiger partial charge in [0.2, 0.25) is 0 Å². The third-order valence-electron chi connectivity index (χ3n) is 4.32. The summed E-state index contributed by atoms with van der Waals surface area (Å²) in [7, 11) is 0. The van der Waals surface area contributed by atoms with Crippen LogP contribution in [0.2, 0.25) is 0 Å². The first-order valence-electron chi connectivity index (χ1n) is 8.81. The SMILES string of the molecule is CCC1CC(NCC2COCCN2C(=O)OC(C)(C)C)CCO1. The number of carbonyl (C=O) groups is 1. The summed E-state index contributed by atoms with van der Waals surface area (Å²) >= 11 is 0. The number of nitrogens with one attached hydrogen (secondary N) is 1. The van der Waals surface area contributed by atoms with Crippen molar-refractivity contribution in [1.29, 1.82) is 0 Å². The lowest BCUT2D eigenvalue weighted by Gasteiger charge is -2.38. The molecule has 0 radical (unpaired) electrons. The van der Waals surface area contributed by atoms with E-state index in [2.05, 4.69) is 12.2 Å². The van der Waals surface area contributed by atoms with Crippen LogP contribution in [0, 0.1) is 0 Å². The Morgan fingerprint density at radius 2 is 2.13 bits per heavy atom. The number of rotatable bonds is 4. The van der Waals surface area contributed by atoms with Gasteiger partial charge in [0.05, 0.1) is 25.4 Å². The van der Waals surface area contributed by atoms with Crippen molar-refractivity contribution >= 4 is 6.09 Å². The monoisotopic (exact) mass is 328 g/mol. The van der Waals surface area contributed by atoms with Gasteiger partial charge >= 0.3 is 6.09 Å². The Kier molecular flexibility index (Phi) is 6.68. The van der Waals surface area contributed by atoms with Crippen LogP contribution in [-0.4, -0.2) is 67.7 Å². The van der Waals surface area contributed by atoms with Crippen LogP contribution in [0.15, 0.2) is 0 Å². The van der Waals surface area contributed by atoms with Gasteiger partial charge in [-0.2, -0.15) is 0 Å². The summed E-state index contributed by atoms with van der Waals surface area (Å²) in [6.07, 6.45) is 3.22. The summed E-state index contributed by atoms with van der Waals surface area (Å²) in [5.74, 6) is 0. The Hall–Kier alpha value is -0.850. The van der Waals surface area contributed by atoms with Gasteiger partial charge in [0.25, 0.3) is 0 Å². The largest absolute Gasteiger partial charge is 0.444 e. The Morgan fingerprint density at radius 3 is 2.83 bits per heavy atom. The molecule has 134 valence electrons. The van der Waals surface area contributed by atoms with Crippen LogP contribution in [0.1, 0.15) is 47.0 Å². The molecule has 2 rings (SSSR count). The average molecular weight is 328 g/mol. The highest BCUT2D eigenvalue weighted by atomic mass is 16.6. The summed E-state index contributed by atoms with van der Waals surface area (Å²) < 4.78 is 16.8. The van der Waals surface area contributed by atoms with Crippen molar-refractivity contribution < 1.29 is 19.0 Å². The van der Waals surface area contributed by atoms with Gasteiger partial charge in [-0.05, 0) is 40.0 Å². The van der Waals surface area contributed by atoms with Gasteiger partial charge in [-0.3, -0.25) is 4.90 Å². The van der Waals surface area contributed by atoms with E-state index in [-0.39, 0.29) is 12.1 Å². The van der Waals surface area contributed by atoms with Gasteiger partial charge in [0.15, 0.2) is 0 Å². The lowest BCUT2D eigenvalue weighted by Crippen LogP contribution is -2.55. The number of ether oxygens (including phenoxy) is 3. The molecule has 1 amide bonds. The van der Waals surface area contributed by atoms with Gasteiger partial charge in [-0.25, -0.2) is 4.79 Å². The summed E-state index contributed by atoms with van der Waals surface area (Å²) in [5.41, 5.74) is -0.470. The van der Waals surface area contributed by atoms with Crippen LogP contribution >= 0.6 is 0 Å². The second kappa shape index (κ2) is 8.31. The molecule has 0 bridgehead atoms. The Balaban J connectivity index is 1.85. The number of hydrogen-bond acceptors (Lipinski definition) is 5. The minimum Gasteiger partial charge on any atom is -0.444 e. The van der Waals surface area contributed by atoms with Gasteiger partial charge < -0.3 is 19.5 Å². The van der Waals surface area contributed by atoms with E-state index in [1.807, 2.05) is 20.8 Å². The van der Waals surface area contributed by atoms with Crippen LogP contribution < -0.4 is 5.32 Å². The quantitative estimate of drug-likeness (QED) is 0.857. The molecule has 0 aromatic rings. The highest BCUT2D eigenvalue weighted by Gasteiger charge is 2.31. The standard InChI is InChI=1S/C17H32N2O4/c1-5-15-10-13(6-8-22-15)18-11-14-12-21-9-7-19(14)16(20)23-17(2,3)4/h13-15,18H,5-12H2,1-4H3. The molecule has 2 saturated heterocycles. The van der Waals surface area contributed by atoms with Gasteiger partial charge in [-0.15, -0.1) is 0 Å². The fourth-order valence-corrected chi connectivity index (χ4v) is 3.04. The van der Waals surface area contributed by atoms with E-state index in [0.29, 0.717) is 31.9 Å². The van der Waals surface area contributed by atoms with Crippen LogP contribution in [0.3, 0.4) is 0 Å². The van der Waals surface area contributed by atoms with Crippen molar-refractivity contribution in [2.24, 2.45) is 0 Å². The van der Waals surface area contributed by atoms with E-state index in [9.17, 15) is 4.79 Å². The zero-order chi connectivity index (χ0) is 16.9. The normalized spacial score (nSPS) is 29.4. The Bertz CT molecular complexity index is 383. The number of nitrogens with zero attached hydrogens (tertiary/aromatic N) is 1. The fraction of sp³-hybridized carbons (Fsp3) is 0.941. The number of amides is 1. The zero-order valence-electron chi connectivity index (χ0n) is 15.0. The molecule has 3 unspecified atom stereocenters. The van der Waals surface area contributed by atoms with Crippen molar-refractivity contribution in [3.05, 3.63) is 0 Å². The first kappa shape index (κ1) is 18.5. The van der Waals surface area contributed by atoms with Crippen molar-refractivity contribution in [1.82, 2.24) is 10.2 Å². The summed E-state index contributed by atoms with van der Waals surface area (Å²) in [6, 6.07) is 0.484. The molecule has 1 N–H and O–H groups in total. The van der Waals surface area contributed by atoms with Crippen LogP contribution in [0.5, 0.6) is 0 Å². The van der Waals surface area contributed by atoms with Crippen LogP contribution in [-0.2, 0) is 14.2 Å². The topological polar surface area (TPSA) is 60.0 Å². The maximum Gasteiger partial charge on any atom is 0.410 e. The Labute approximate surface area is 139 Å². The van der Waals surface area contributed by atoms with E-state index in [4.69, 9.17) is 14.2 Å². The summed E-state index contributed by atoms with van der Waals surface area (Å²) in [5, 5.41) is 3.59. The first-order chi connectivity index (χ1) is 10.9. The maximum atomic E-state index is 12.4. The van der Waals surface area contributed by atoms with Crippen LogP contribution in [0.4, 0.5) is 4.79 Å². The second-order valence-corrected chi connectivity index (χ2v) is 7.43. The second-order valence-electron chi connectivity index (χ2n) is 7.43. The molecule has 0 aromatic carbocycles. The molecule has 2 fully saturated rings. The molecule has 0 aliphatic carbocycles. The minimum absolute atomic E-state index is 0.0292. The highest BCUT2D eigenvalue weighted by Crippen LogP contribution is 2.18. The number of hydrogen-bond donors (Lipinski definition) is 1. The van der Waals surface area contributed by atoms with Crippen molar-refractivity contribution in [2.45, 2.75) is 70.7 Å². The lowest BCUT2D eigenvalue weighted by molar-refractivity contribution is -0.0354. The molecule has 2 aliphatic heterocycles. The third kappa shape index (κ3) is 5.94. The first-order valence-corrected chi connectivity index (χ1v) is 8.81. The summed E-state index contributed by atoms with van der Waals surface area (Å²) in [4.78, 5) is 14.2. The fourth-order valence-electron chi connectivity index (χ4n) is 3.04.